The van der Waals surface area contributed by atoms with Crippen molar-refractivity contribution < 1.29 is 14.6 Å². The first-order valence-electron chi connectivity index (χ1n) is 5.14. The van der Waals surface area contributed by atoms with Crippen molar-refractivity contribution in [1.82, 2.24) is 0 Å². The number of ether oxygens (including phenoxy) is 1. The van der Waals surface area contributed by atoms with Gasteiger partial charge in [-0.1, -0.05) is 26.0 Å². The second-order valence-corrected chi connectivity index (χ2v) is 3.25. The molecule has 0 aliphatic carbocycles. The van der Waals surface area contributed by atoms with E-state index in [9.17, 15) is 4.79 Å². The molecule has 0 saturated heterocycles. The van der Waals surface area contributed by atoms with Crippen LogP contribution in [0.15, 0.2) is 12.2 Å². The first-order valence-corrected chi connectivity index (χ1v) is 5.14. The number of aliphatic hydroxyl groups excluding tert-OH is 1. The Morgan fingerprint density at radius 3 is 2.79 bits per heavy atom. The minimum Gasteiger partial charge on any atom is -0.463 e. The van der Waals surface area contributed by atoms with Crippen LogP contribution in [0.25, 0.3) is 0 Å². The second kappa shape index (κ2) is 8.75. The molecular weight excluding hydrogens is 180 g/mol. The number of aliphatic hydroxyl groups is 1. The summed E-state index contributed by atoms with van der Waals surface area (Å²) in [6.45, 7) is 3.93. The molecular formula is C11H20O3. The summed E-state index contributed by atoms with van der Waals surface area (Å²) in [6.07, 6.45) is 6.91. The van der Waals surface area contributed by atoms with E-state index in [-0.39, 0.29) is 25.1 Å². The summed E-state index contributed by atoms with van der Waals surface area (Å²) in [5, 5.41) is 8.45. The normalized spacial score (nSPS) is 13.1. The van der Waals surface area contributed by atoms with E-state index < -0.39 is 0 Å². The van der Waals surface area contributed by atoms with Crippen LogP contribution in [0.5, 0.6) is 0 Å². The molecule has 0 aliphatic rings. The summed E-state index contributed by atoms with van der Waals surface area (Å²) in [5.74, 6) is -0.299. The Morgan fingerprint density at radius 2 is 2.21 bits per heavy atom. The fourth-order valence-electron chi connectivity index (χ4n) is 1.04. The zero-order valence-corrected chi connectivity index (χ0v) is 9.03. The highest BCUT2D eigenvalue weighted by molar-refractivity contribution is 5.71. The molecule has 3 heteroatoms. The average molecular weight is 200 g/mol. The molecule has 3 nitrogen and oxygen atoms in total. The number of hydrogen-bond donors (Lipinski definition) is 1. The minimum atomic E-state index is -0.219. The van der Waals surface area contributed by atoms with Crippen molar-refractivity contribution in [3.8, 4) is 0 Å². The quantitative estimate of drug-likeness (QED) is 0.504. The van der Waals surface area contributed by atoms with E-state index in [1.165, 1.54) is 0 Å². The van der Waals surface area contributed by atoms with Crippen molar-refractivity contribution in [1.29, 1.82) is 0 Å². The van der Waals surface area contributed by atoms with Crippen LogP contribution in [-0.4, -0.2) is 24.3 Å². The summed E-state index contributed by atoms with van der Waals surface area (Å²) in [4.78, 5) is 11.2. The van der Waals surface area contributed by atoms with E-state index in [1.807, 2.05) is 6.92 Å². The lowest BCUT2D eigenvalue weighted by molar-refractivity contribution is -0.149. The molecule has 0 radical (unpaired) electrons. The van der Waals surface area contributed by atoms with Crippen molar-refractivity contribution in [2.45, 2.75) is 33.1 Å². The molecule has 0 aromatic heterocycles. The van der Waals surface area contributed by atoms with Gasteiger partial charge >= 0.3 is 5.97 Å². The molecule has 14 heavy (non-hydrogen) atoms. The molecule has 0 spiro atoms. The van der Waals surface area contributed by atoms with Crippen LogP contribution in [0, 0.1) is 5.92 Å². The van der Waals surface area contributed by atoms with Crippen LogP contribution >= 0.6 is 0 Å². The zero-order chi connectivity index (χ0) is 10.8. The van der Waals surface area contributed by atoms with E-state index >= 15 is 0 Å². The van der Waals surface area contributed by atoms with Crippen molar-refractivity contribution in [3.63, 3.8) is 0 Å². The lowest BCUT2D eigenvalue weighted by Gasteiger charge is -2.08. The molecule has 1 atom stereocenters. The Hall–Kier alpha value is -0.830. The molecule has 0 heterocycles. The Morgan fingerprint density at radius 1 is 1.50 bits per heavy atom. The average Bonchev–Trinajstić information content (AvgIpc) is 2.20. The fourth-order valence-corrected chi connectivity index (χ4v) is 1.04. The van der Waals surface area contributed by atoms with Gasteiger partial charge in [-0.3, -0.25) is 4.79 Å². The highest BCUT2D eigenvalue weighted by Crippen LogP contribution is 2.08. The van der Waals surface area contributed by atoms with Crippen molar-refractivity contribution in [3.05, 3.63) is 12.2 Å². The first kappa shape index (κ1) is 13.2. The minimum absolute atomic E-state index is 0.0805. The molecule has 0 aliphatic heterocycles. The van der Waals surface area contributed by atoms with Gasteiger partial charge in [0, 0.05) is 0 Å². The Bertz CT molecular complexity index is 175. The number of rotatable bonds is 7. The topological polar surface area (TPSA) is 46.5 Å². The van der Waals surface area contributed by atoms with Gasteiger partial charge in [-0.25, -0.2) is 0 Å². The van der Waals surface area contributed by atoms with Gasteiger partial charge in [0.25, 0.3) is 0 Å². The number of carbonyl (C=O) groups is 1. The summed E-state index contributed by atoms with van der Waals surface area (Å²) in [5.41, 5.74) is 0. The number of carbonyl (C=O) groups excluding carboxylic acids is 1. The second-order valence-electron chi connectivity index (χ2n) is 3.25. The first-order chi connectivity index (χ1) is 6.72. The van der Waals surface area contributed by atoms with Crippen LogP contribution in [0.1, 0.15) is 33.1 Å². The molecule has 0 bridgehead atoms. The highest BCUT2D eigenvalue weighted by Gasteiger charge is 2.12. The number of allylic oxidation sites excluding steroid dienone is 2. The molecule has 0 aromatic rings. The molecule has 0 amide bonds. The molecule has 0 aromatic carbocycles. The van der Waals surface area contributed by atoms with Gasteiger partial charge in [-0.05, 0) is 19.3 Å². The van der Waals surface area contributed by atoms with Gasteiger partial charge in [-0.2, -0.15) is 0 Å². The monoisotopic (exact) mass is 200 g/mol. The van der Waals surface area contributed by atoms with Crippen molar-refractivity contribution in [2.75, 3.05) is 13.2 Å². The summed E-state index contributed by atoms with van der Waals surface area (Å²) >= 11 is 0. The van der Waals surface area contributed by atoms with Gasteiger partial charge in [0.1, 0.15) is 6.61 Å². The maximum atomic E-state index is 11.2. The smallest absolute Gasteiger partial charge is 0.308 e. The third-order valence-electron chi connectivity index (χ3n) is 1.91. The van der Waals surface area contributed by atoms with Crippen LogP contribution in [0.3, 0.4) is 0 Å². The SMILES string of the molecule is CCC=CCCC(C)C(=O)OCCO. The van der Waals surface area contributed by atoms with Crippen LogP contribution in [0.2, 0.25) is 0 Å². The Kier molecular flexibility index (Phi) is 8.24. The van der Waals surface area contributed by atoms with E-state index in [0.717, 1.165) is 19.3 Å². The predicted octanol–water partition coefficient (Wildman–Crippen LogP) is 1.90. The van der Waals surface area contributed by atoms with Gasteiger partial charge in [0.2, 0.25) is 0 Å². The zero-order valence-electron chi connectivity index (χ0n) is 9.03. The lowest BCUT2D eigenvalue weighted by Crippen LogP contribution is -2.16. The number of esters is 1. The predicted molar refractivity (Wildman–Crippen MR) is 55.9 cm³/mol. The summed E-state index contributed by atoms with van der Waals surface area (Å²) < 4.78 is 4.80. The molecule has 0 fully saturated rings. The van der Waals surface area contributed by atoms with E-state index in [2.05, 4.69) is 19.1 Å². The third-order valence-corrected chi connectivity index (χ3v) is 1.91. The third kappa shape index (κ3) is 6.66. The van der Waals surface area contributed by atoms with E-state index in [0.29, 0.717) is 0 Å². The molecule has 1 N–H and O–H groups in total. The lowest BCUT2D eigenvalue weighted by atomic mass is 10.1. The molecule has 1 unspecified atom stereocenters. The summed E-state index contributed by atoms with van der Waals surface area (Å²) in [7, 11) is 0. The molecule has 82 valence electrons. The standard InChI is InChI=1S/C11H20O3/c1-3-4-5-6-7-10(2)11(13)14-9-8-12/h4-5,10,12H,3,6-9H2,1-2H3. The molecule has 0 rings (SSSR count). The van der Waals surface area contributed by atoms with E-state index in [4.69, 9.17) is 9.84 Å². The van der Waals surface area contributed by atoms with Gasteiger partial charge in [-0.15, -0.1) is 0 Å². The van der Waals surface area contributed by atoms with Crippen LogP contribution < -0.4 is 0 Å². The van der Waals surface area contributed by atoms with Crippen LogP contribution in [0.4, 0.5) is 0 Å². The largest absolute Gasteiger partial charge is 0.463 e. The maximum absolute atomic E-state index is 11.2. The van der Waals surface area contributed by atoms with Gasteiger partial charge in [0.05, 0.1) is 12.5 Å². The van der Waals surface area contributed by atoms with Gasteiger partial charge < -0.3 is 9.84 Å². The maximum Gasteiger partial charge on any atom is 0.308 e. The summed E-state index contributed by atoms with van der Waals surface area (Å²) in [6, 6.07) is 0. The fraction of sp³-hybridized carbons (Fsp3) is 0.727. The molecule has 0 saturated carbocycles. The van der Waals surface area contributed by atoms with Crippen molar-refractivity contribution >= 4 is 5.97 Å². The van der Waals surface area contributed by atoms with Crippen LogP contribution in [-0.2, 0) is 9.53 Å². The highest BCUT2D eigenvalue weighted by atomic mass is 16.5. The van der Waals surface area contributed by atoms with Crippen molar-refractivity contribution in [2.24, 2.45) is 5.92 Å². The number of hydrogen-bond acceptors (Lipinski definition) is 3. The van der Waals surface area contributed by atoms with Gasteiger partial charge in [0.15, 0.2) is 0 Å². The Balaban J connectivity index is 3.56. The Labute approximate surface area is 85.8 Å². The van der Waals surface area contributed by atoms with E-state index in [1.54, 1.807) is 0 Å².